The highest BCUT2D eigenvalue weighted by atomic mass is 16.5. The van der Waals surface area contributed by atoms with Crippen molar-refractivity contribution in [1.82, 2.24) is 25.1 Å². The maximum Gasteiger partial charge on any atom is 0.254 e. The Hall–Kier alpha value is -2.68. The first-order valence-corrected chi connectivity index (χ1v) is 9.09. The van der Waals surface area contributed by atoms with Crippen LogP contribution >= 0.6 is 0 Å². The molecule has 4 rings (SSSR count). The number of hydrogen-bond acceptors (Lipinski definition) is 7. The SMILES string of the molecule is COc1cc(N2CC3(CC[C@H](CNC(=O)c4cnn(C)c4)CO3)C2)ncn1. The normalized spacial score (nSPS) is 21.0. The molecule has 2 aromatic heterocycles. The fourth-order valence-electron chi connectivity index (χ4n) is 3.63. The molecule has 4 heterocycles. The molecule has 9 nitrogen and oxygen atoms in total. The second-order valence-electron chi connectivity index (χ2n) is 7.29. The molecule has 2 saturated heterocycles. The van der Waals surface area contributed by atoms with Crippen molar-refractivity contribution in [2.24, 2.45) is 13.0 Å². The Kier molecular flexibility index (Phi) is 4.69. The Morgan fingerprint density at radius 1 is 1.44 bits per heavy atom. The zero-order valence-electron chi connectivity index (χ0n) is 15.6. The number of amides is 1. The van der Waals surface area contributed by atoms with Gasteiger partial charge in [0.2, 0.25) is 5.88 Å². The fraction of sp³-hybridized carbons (Fsp3) is 0.556. The third kappa shape index (κ3) is 3.73. The average molecular weight is 372 g/mol. The molecule has 9 heteroatoms. The van der Waals surface area contributed by atoms with Crippen LogP contribution in [0.4, 0.5) is 5.82 Å². The number of hydrogen-bond donors (Lipinski definition) is 1. The second kappa shape index (κ2) is 7.15. The lowest BCUT2D eigenvalue weighted by Gasteiger charge is -2.53. The highest BCUT2D eigenvalue weighted by Crippen LogP contribution is 2.38. The topological polar surface area (TPSA) is 94.4 Å². The number of aryl methyl sites for hydroxylation is 1. The predicted octanol–water partition coefficient (Wildman–Crippen LogP) is 0.634. The molecular formula is C18H24N6O3. The monoisotopic (exact) mass is 372 g/mol. The molecule has 2 fully saturated rings. The van der Waals surface area contributed by atoms with Crippen molar-refractivity contribution in [1.29, 1.82) is 0 Å². The Morgan fingerprint density at radius 2 is 2.30 bits per heavy atom. The molecule has 27 heavy (non-hydrogen) atoms. The lowest BCUT2D eigenvalue weighted by molar-refractivity contribution is -0.115. The molecule has 2 aliphatic heterocycles. The van der Waals surface area contributed by atoms with Crippen LogP contribution in [-0.4, -0.2) is 64.6 Å². The summed E-state index contributed by atoms with van der Waals surface area (Å²) in [6.45, 7) is 2.93. The summed E-state index contributed by atoms with van der Waals surface area (Å²) in [4.78, 5) is 22.6. The summed E-state index contributed by atoms with van der Waals surface area (Å²) in [5.41, 5.74) is 0.489. The van der Waals surface area contributed by atoms with Crippen molar-refractivity contribution in [3.63, 3.8) is 0 Å². The lowest BCUT2D eigenvalue weighted by Crippen LogP contribution is -2.65. The van der Waals surface area contributed by atoms with Crippen molar-refractivity contribution < 1.29 is 14.3 Å². The van der Waals surface area contributed by atoms with E-state index in [2.05, 4.69) is 25.3 Å². The van der Waals surface area contributed by atoms with Gasteiger partial charge >= 0.3 is 0 Å². The number of methoxy groups -OCH3 is 1. The van der Waals surface area contributed by atoms with E-state index in [0.29, 0.717) is 30.5 Å². The summed E-state index contributed by atoms with van der Waals surface area (Å²) in [5, 5.41) is 7.00. The van der Waals surface area contributed by atoms with Gasteiger partial charge in [0, 0.05) is 25.9 Å². The van der Waals surface area contributed by atoms with Gasteiger partial charge < -0.3 is 19.7 Å². The van der Waals surface area contributed by atoms with Crippen LogP contribution in [0.3, 0.4) is 0 Å². The van der Waals surface area contributed by atoms with Gasteiger partial charge in [-0.15, -0.1) is 0 Å². The summed E-state index contributed by atoms with van der Waals surface area (Å²) in [6.07, 6.45) is 6.83. The smallest absolute Gasteiger partial charge is 0.254 e. The van der Waals surface area contributed by atoms with E-state index in [1.807, 2.05) is 6.07 Å². The highest BCUT2D eigenvalue weighted by molar-refractivity contribution is 5.93. The van der Waals surface area contributed by atoms with E-state index in [1.54, 1.807) is 31.2 Å². The third-order valence-electron chi connectivity index (χ3n) is 5.27. The van der Waals surface area contributed by atoms with Crippen molar-refractivity contribution in [3.8, 4) is 5.88 Å². The van der Waals surface area contributed by atoms with E-state index in [0.717, 1.165) is 31.7 Å². The minimum absolute atomic E-state index is 0.0871. The quantitative estimate of drug-likeness (QED) is 0.823. The van der Waals surface area contributed by atoms with Crippen LogP contribution in [0.2, 0.25) is 0 Å². The van der Waals surface area contributed by atoms with Crippen LogP contribution in [0.5, 0.6) is 5.88 Å². The zero-order valence-corrected chi connectivity index (χ0v) is 15.6. The van der Waals surface area contributed by atoms with Crippen LogP contribution in [0.1, 0.15) is 23.2 Å². The van der Waals surface area contributed by atoms with E-state index in [1.165, 1.54) is 6.33 Å². The predicted molar refractivity (Wildman–Crippen MR) is 97.7 cm³/mol. The van der Waals surface area contributed by atoms with Gasteiger partial charge in [0.05, 0.1) is 38.6 Å². The maximum absolute atomic E-state index is 12.1. The van der Waals surface area contributed by atoms with Gasteiger partial charge in [-0.1, -0.05) is 0 Å². The molecule has 0 bridgehead atoms. The number of anilines is 1. The van der Waals surface area contributed by atoms with E-state index >= 15 is 0 Å². The highest BCUT2D eigenvalue weighted by Gasteiger charge is 2.47. The zero-order chi connectivity index (χ0) is 18.9. The third-order valence-corrected chi connectivity index (χ3v) is 5.27. The van der Waals surface area contributed by atoms with Crippen LogP contribution in [0.15, 0.2) is 24.8 Å². The van der Waals surface area contributed by atoms with Crippen LogP contribution in [0, 0.1) is 5.92 Å². The molecule has 2 aromatic rings. The Labute approximate surface area is 157 Å². The number of ether oxygens (including phenoxy) is 2. The molecule has 1 atom stereocenters. The molecule has 0 saturated carbocycles. The summed E-state index contributed by atoms with van der Waals surface area (Å²) in [6, 6.07) is 1.84. The van der Waals surface area contributed by atoms with E-state index in [4.69, 9.17) is 9.47 Å². The Balaban J connectivity index is 1.23. The second-order valence-corrected chi connectivity index (χ2v) is 7.29. The molecule has 0 unspecified atom stereocenters. The van der Waals surface area contributed by atoms with Gasteiger partial charge in [-0.25, -0.2) is 9.97 Å². The van der Waals surface area contributed by atoms with Crippen molar-refractivity contribution in [3.05, 3.63) is 30.4 Å². The summed E-state index contributed by atoms with van der Waals surface area (Å²) in [7, 11) is 3.39. The fourth-order valence-corrected chi connectivity index (χ4v) is 3.63. The van der Waals surface area contributed by atoms with Crippen molar-refractivity contribution >= 4 is 11.7 Å². The number of nitrogens with one attached hydrogen (secondary N) is 1. The van der Waals surface area contributed by atoms with Crippen molar-refractivity contribution in [2.45, 2.75) is 18.4 Å². The van der Waals surface area contributed by atoms with Crippen LogP contribution < -0.4 is 15.0 Å². The molecule has 1 spiro atoms. The molecule has 0 aromatic carbocycles. The first-order valence-electron chi connectivity index (χ1n) is 9.09. The summed E-state index contributed by atoms with van der Waals surface area (Å²) in [5.74, 6) is 1.68. The van der Waals surface area contributed by atoms with Gasteiger partial charge in [-0.2, -0.15) is 5.10 Å². The van der Waals surface area contributed by atoms with Gasteiger partial charge in [-0.3, -0.25) is 9.48 Å². The number of rotatable bonds is 5. The number of aromatic nitrogens is 4. The molecular weight excluding hydrogens is 348 g/mol. The van der Waals surface area contributed by atoms with Gasteiger partial charge in [0.15, 0.2) is 0 Å². The molecule has 1 N–H and O–H groups in total. The molecule has 144 valence electrons. The van der Waals surface area contributed by atoms with Crippen molar-refractivity contribution in [2.75, 3.05) is 38.3 Å². The van der Waals surface area contributed by atoms with Gasteiger partial charge in [-0.05, 0) is 18.8 Å². The lowest BCUT2D eigenvalue weighted by atomic mass is 9.83. The minimum Gasteiger partial charge on any atom is -0.481 e. The number of nitrogens with zero attached hydrogens (tertiary/aromatic N) is 5. The Morgan fingerprint density at radius 3 is 2.96 bits per heavy atom. The van der Waals surface area contributed by atoms with Crippen LogP contribution in [-0.2, 0) is 11.8 Å². The van der Waals surface area contributed by atoms with E-state index in [-0.39, 0.29) is 11.5 Å². The molecule has 0 radical (unpaired) electrons. The minimum atomic E-state index is -0.0952. The van der Waals surface area contributed by atoms with Crippen LogP contribution in [0.25, 0.3) is 0 Å². The summed E-state index contributed by atoms with van der Waals surface area (Å²) < 4.78 is 13.0. The summed E-state index contributed by atoms with van der Waals surface area (Å²) >= 11 is 0. The maximum atomic E-state index is 12.1. The van der Waals surface area contributed by atoms with E-state index in [9.17, 15) is 4.79 Å². The molecule has 0 aliphatic carbocycles. The first-order chi connectivity index (χ1) is 13.1. The van der Waals surface area contributed by atoms with Gasteiger partial charge in [0.1, 0.15) is 17.7 Å². The van der Waals surface area contributed by atoms with E-state index < -0.39 is 0 Å². The van der Waals surface area contributed by atoms with Gasteiger partial charge in [0.25, 0.3) is 5.91 Å². The standard InChI is InChI=1S/C18H24N6O3/c1-23-8-14(7-22-23)17(25)19-6-13-3-4-18(27-9-13)10-24(11-18)15-5-16(26-2)21-12-20-15/h5,7-8,12-13H,3-4,6,9-11H2,1-2H3,(H,19,25)/t13-/m1/s1. The average Bonchev–Trinajstić information content (AvgIpc) is 3.11. The number of carbonyl (C=O) groups is 1. The first kappa shape index (κ1) is 17.7. The Bertz CT molecular complexity index is 807. The molecule has 2 aliphatic rings. The number of carbonyl (C=O) groups excluding carboxylic acids is 1. The molecule has 1 amide bonds. The largest absolute Gasteiger partial charge is 0.481 e.